The molecule has 1 aliphatic rings. The van der Waals surface area contributed by atoms with Crippen molar-refractivity contribution in [3.05, 3.63) is 102 Å². The van der Waals surface area contributed by atoms with Crippen LogP contribution in [0.15, 0.2) is 91.0 Å². The first-order valence-corrected chi connectivity index (χ1v) is 10.6. The number of nitrogens with zero attached hydrogens (tertiary/aromatic N) is 2. The molecule has 2 atom stereocenters. The second-order valence-electron chi connectivity index (χ2n) is 7.84. The number of hydrogen-bond acceptors (Lipinski definition) is 2. The molecule has 0 bridgehead atoms. The van der Waals surface area contributed by atoms with Gasteiger partial charge >= 0.3 is 0 Å². The number of rotatable bonds is 4. The molecule has 156 valence electrons. The molecule has 0 aliphatic carbocycles. The molecule has 1 aliphatic heterocycles. The fraction of sp³-hybridized carbons (Fsp3) is 0.185. The zero-order valence-corrected chi connectivity index (χ0v) is 17.8. The number of fused-ring (bicyclic) bond motifs is 1. The van der Waals surface area contributed by atoms with E-state index in [1.807, 2.05) is 108 Å². The summed E-state index contributed by atoms with van der Waals surface area (Å²) in [6, 6.07) is 27.2. The third kappa shape index (κ3) is 4.29. The van der Waals surface area contributed by atoms with Gasteiger partial charge in [-0.05, 0) is 48.7 Å². The van der Waals surface area contributed by atoms with Crippen molar-refractivity contribution in [2.75, 3.05) is 9.80 Å². The standard InChI is InChI=1S/C27H26N2O2/c1-20-19-26(29(21(2)30)23-13-7-4-8-14-23)24-15-9-10-16-25(24)28(20)27(31)18-17-22-11-5-3-6-12-22/h3-18,20,26H,19H2,1-2H3/t20-,26+/m1/s1. The number of carbonyl (C=O) groups is 2. The molecule has 4 rings (SSSR count). The number of para-hydroxylation sites is 2. The number of benzene rings is 3. The van der Waals surface area contributed by atoms with Gasteiger partial charge in [-0.1, -0.05) is 66.7 Å². The maximum Gasteiger partial charge on any atom is 0.251 e. The fourth-order valence-corrected chi connectivity index (χ4v) is 4.34. The minimum atomic E-state index is -0.131. The third-order valence-electron chi connectivity index (χ3n) is 5.70. The lowest BCUT2D eigenvalue weighted by Crippen LogP contribution is -2.47. The molecule has 1 heterocycles. The van der Waals surface area contributed by atoms with Crippen molar-refractivity contribution in [3.63, 3.8) is 0 Å². The molecule has 0 fully saturated rings. The van der Waals surface area contributed by atoms with Crippen LogP contribution in [-0.2, 0) is 9.59 Å². The average molecular weight is 411 g/mol. The molecule has 4 nitrogen and oxygen atoms in total. The number of hydrogen-bond donors (Lipinski definition) is 0. The van der Waals surface area contributed by atoms with Crippen LogP contribution in [0.1, 0.15) is 37.4 Å². The minimum absolute atomic E-state index is 0.0121. The molecule has 2 amide bonds. The monoisotopic (exact) mass is 410 g/mol. The number of anilines is 2. The predicted molar refractivity (Wildman–Crippen MR) is 126 cm³/mol. The highest BCUT2D eigenvalue weighted by molar-refractivity contribution is 6.05. The summed E-state index contributed by atoms with van der Waals surface area (Å²) in [4.78, 5) is 29.5. The van der Waals surface area contributed by atoms with Gasteiger partial charge in [0.1, 0.15) is 0 Å². The SMILES string of the molecule is CC(=O)N(c1ccccc1)[C@H]1C[C@@H](C)N(C(=O)C=Cc2ccccc2)c2ccccc21. The van der Waals surface area contributed by atoms with Gasteiger partial charge in [-0.3, -0.25) is 9.59 Å². The van der Waals surface area contributed by atoms with Crippen molar-refractivity contribution < 1.29 is 9.59 Å². The Bertz CT molecular complexity index is 1090. The highest BCUT2D eigenvalue weighted by atomic mass is 16.2. The Hall–Kier alpha value is -3.66. The van der Waals surface area contributed by atoms with E-state index in [9.17, 15) is 9.59 Å². The Balaban J connectivity index is 1.70. The molecule has 0 saturated heterocycles. The molecule has 4 heteroatoms. The van der Waals surface area contributed by atoms with Gasteiger partial charge in [-0.2, -0.15) is 0 Å². The molecule has 0 N–H and O–H groups in total. The number of amides is 2. The van der Waals surface area contributed by atoms with Crippen LogP contribution in [0.4, 0.5) is 11.4 Å². The van der Waals surface area contributed by atoms with Gasteiger partial charge < -0.3 is 9.80 Å². The van der Waals surface area contributed by atoms with Crippen molar-refractivity contribution in [1.82, 2.24) is 0 Å². The molecule has 0 radical (unpaired) electrons. The summed E-state index contributed by atoms with van der Waals surface area (Å²) in [5.41, 5.74) is 3.70. The largest absolute Gasteiger partial charge is 0.306 e. The van der Waals surface area contributed by atoms with Crippen molar-refractivity contribution in [3.8, 4) is 0 Å². The summed E-state index contributed by atoms with van der Waals surface area (Å²) < 4.78 is 0. The summed E-state index contributed by atoms with van der Waals surface area (Å²) in [6.45, 7) is 3.64. The Labute approximate surface area is 183 Å². The van der Waals surface area contributed by atoms with E-state index in [0.29, 0.717) is 6.42 Å². The van der Waals surface area contributed by atoms with Crippen LogP contribution in [0, 0.1) is 0 Å². The summed E-state index contributed by atoms with van der Waals surface area (Å²) in [7, 11) is 0. The van der Waals surface area contributed by atoms with Crippen molar-refractivity contribution in [1.29, 1.82) is 0 Å². The first kappa shape index (κ1) is 20.6. The van der Waals surface area contributed by atoms with Gasteiger partial charge in [-0.25, -0.2) is 0 Å². The van der Waals surface area contributed by atoms with E-state index in [1.165, 1.54) is 0 Å². The van der Waals surface area contributed by atoms with Gasteiger partial charge in [0.25, 0.3) is 5.91 Å². The second-order valence-corrected chi connectivity index (χ2v) is 7.84. The van der Waals surface area contributed by atoms with Crippen LogP contribution in [0.25, 0.3) is 6.08 Å². The fourth-order valence-electron chi connectivity index (χ4n) is 4.34. The molecule has 0 aromatic heterocycles. The predicted octanol–water partition coefficient (Wildman–Crippen LogP) is 5.62. The zero-order chi connectivity index (χ0) is 21.8. The first-order chi connectivity index (χ1) is 15.1. The summed E-state index contributed by atoms with van der Waals surface area (Å²) in [5.74, 6) is -0.0710. The highest BCUT2D eigenvalue weighted by Gasteiger charge is 2.37. The quantitative estimate of drug-likeness (QED) is 0.524. The minimum Gasteiger partial charge on any atom is -0.306 e. The lowest BCUT2D eigenvalue weighted by Gasteiger charge is -2.43. The van der Waals surface area contributed by atoms with E-state index in [4.69, 9.17) is 0 Å². The molecule has 0 saturated carbocycles. The van der Waals surface area contributed by atoms with E-state index >= 15 is 0 Å². The molecule has 31 heavy (non-hydrogen) atoms. The third-order valence-corrected chi connectivity index (χ3v) is 5.70. The molecule has 0 spiro atoms. The van der Waals surface area contributed by atoms with Crippen LogP contribution in [0.5, 0.6) is 0 Å². The van der Waals surface area contributed by atoms with Crippen molar-refractivity contribution >= 4 is 29.3 Å². The maximum absolute atomic E-state index is 13.2. The van der Waals surface area contributed by atoms with Crippen LogP contribution in [0.3, 0.4) is 0 Å². The lowest BCUT2D eigenvalue weighted by atomic mass is 9.89. The van der Waals surface area contributed by atoms with Gasteiger partial charge in [0, 0.05) is 30.4 Å². The first-order valence-electron chi connectivity index (χ1n) is 10.6. The lowest BCUT2D eigenvalue weighted by molar-refractivity contribution is -0.117. The molecular weight excluding hydrogens is 384 g/mol. The van der Waals surface area contributed by atoms with E-state index < -0.39 is 0 Å². The van der Waals surface area contributed by atoms with Gasteiger partial charge in [-0.15, -0.1) is 0 Å². The van der Waals surface area contributed by atoms with Gasteiger partial charge in [0.05, 0.1) is 6.04 Å². The maximum atomic E-state index is 13.2. The van der Waals surface area contributed by atoms with E-state index in [2.05, 4.69) is 0 Å². The Kier molecular flexibility index (Phi) is 5.99. The van der Waals surface area contributed by atoms with Crippen molar-refractivity contribution in [2.24, 2.45) is 0 Å². The molecular formula is C27H26N2O2. The van der Waals surface area contributed by atoms with E-state index in [1.54, 1.807) is 13.0 Å². The van der Waals surface area contributed by atoms with Crippen LogP contribution in [-0.4, -0.2) is 17.9 Å². The smallest absolute Gasteiger partial charge is 0.251 e. The van der Waals surface area contributed by atoms with Gasteiger partial charge in [0.15, 0.2) is 0 Å². The number of carbonyl (C=O) groups excluding carboxylic acids is 2. The molecule has 3 aromatic rings. The van der Waals surface area contributed by atoms with Gasteiger partial charge in [0.2, 0.25) is 5.91 Å². The van der Waals surface area contributed by atoms with Crippen molar-refractivity contribution in [2.45, 2.75) is 32.4 Å². The van der Waals surface area contributed by atoms with Crippen LogP contribution >= 0.6 is 0 Å². The Morgan fingerprint density at radius 3 is 2.19 bits per heavy atom. The Morgan fingerprint density at radius 2 is 1.52 bits per heavy atom. The van der Waals surface area contributed by atoms with Crippen LogP contribution in [0.2, 0.25) is 0 Å². The zero-order valence-electron chi connectivity index (χ0n) is 17.8. The summed E-state index contributed by atoms with van der Waals surface area (Å²) in [5, 5.41) is 0. The average Bonchev–Trinajstić information content (AvgIpc) is 2.79. The van der Waals surface area contributed by atoms with E-state index in [0.717, 1.165) is 22.5 Å². The normalized spacial score (nSPS) is 17.9. The van der Waals surface area contributed by atoms with E-state index in [-0.39, 0.29) is 23.9 Å². The summed E-state index contributed by atoms with van der Waals surface area (Å²) >= 11 is 0. The highest BCUT2D eigenvalue weighted by Crippen LogP contribution is 2.42. The van der Waals surface area contributed by atoms with Crippen LogP contribution < -0.4 is 9.80 Å². The topological polar surface area (TPSA) is 40.6 Å². The Morgan fingerprint density at radius 1 is 0.903 bits per heavy atom. The summed E-state index contributed by atoms with van der Waals surface area (Å²) in [6.07, 6.45) is 4.13. The molecule has 0 unspecified atom stereocenters. The molecule has 3 aromatic carbocycles. The second kappa shape index (κ2) is 9.00.